The number of carbonyl (C=O) groups is 1. The molecule has 51 heavy (non-hydrogen) atoms. The van der Waals surface area contributed by atoms with Crippen molar-refractivity contribution in [2.45, 2.75) is 147 Å². The van der Waals surface area contributed by atoms with Crippen molar-refractivity contribution in [3.63, 3.8) is 0 Å². The molecule has 1 aromatic carbocycles. The van der Waals surface area contributed by atoms with Crippen molar-refractivity contribution in [3.8, 4) is 5.75 Å². The highest BCUT2D eigenvalue weighted by molar-refractivity contribution is 5.90. The van der Waals surface area contributed by atoms with Crippen molar-refractivity contribution >= 4 is 11.9 Å². The van der Waals surface area contributed by atoms with Crippen LogP contribution in [-0.4, -0.2) is 59.4 Å². The SMILES string of the molecule is C[C@H]1[C@@H](/C(C[C@H]2O[C@@H]3O[C@]4(C)CC[C@H]5[C@H](C)CC[C@@H]([C@H]2C)C35OO4)=N\OC(=O)Oc2ccccc2)O[C@@H]2O[C@]3(C)CC[C@H]4[C@H](C)CC[C@@H]1C24OO3. The van der Waals surface area contributed by atoms with Crippen LogP contribution in [0.3, 0.4) is 0 Å². The maximum Gasteiger partial charge on any atom is 0.540 e. The van der Waals surface area contributed by atoms with E-state index in [0.717, 1.165) is 44.9 Å². The fourth-order valence-electron chi connectivity index (χ4n) is 11.6. The number of nitrogens with zero attached hydrogens (tertiary/aromatic N) is 1. The molecule has 0 amide bonds. The molecule has 11 rings (SSSR count). The number of carbonyl (C=O) groups excluding carboxylic acids is 1. The molecule has 0 N–H and O–H groups in total. The van der Waals surface area contributed by atoms with E-state index in [1.807, 2.05) is 19.9 Å². The third kappa shape index (κ3) is 5.37. The lowest BCUT2D eigenvalue weighted by atomic mass is 9.56. The minimum absolute atomic E-state index is 0.0540. The largest absolute Gasteiger partial charge is 0.540 e. The third-order valence-corrected chi connectivity index (χ3v) is 14.4. The second kappa shape index (κ2) is 12.4. The van der Waals surface area contributed by atoms with Crippen LogP contribution in [0.15, 0.2) is 35.5 Å². The number of fused-ring (bicyclic) bond motifs is 4. The van der Waals surface area contributed by atoms with Crippen molar-refractivity contribution in [2.24, 2.45) is 52.5 Å². The molecule has 8 aliphatic heterocycles. The highest BCUT2D eigenvalue weighted by atomic mass is 17.3. The molecule has 8 saturated heterocycles. The molecule has 2 saturated carbocycles. The zero-order chi connectivity index (χ0) is 35.3. The Labute approximate surface area is 299 Å². The van der Waals surface area contributed by atoms with E-state index in [-0.39, 0.29) is 41.6 Å². The summed E-state index contributed by atoms with van der Waals surface area (Å²) in [5, 5.41) is 4.57. The van der Waals surface area contributed by atoms with Gasteiger partial charge in [0.25, 0.3) is 0 Å². The van der Waals surface area contributed by atoms with Crippen LogP contribution in [-0.2, 0) is 43.3 Å². The van der Waals surface area contributed by atoms with Crippen LogP contribution < -0.4 is 4.74 Å². The van der Waals surface area contributed by atoms with E-state index in [0.29, 0.717) is 36.1 Å². The molecule has 10 fully saturated rings. The molecule has 12 heteroatoms. The van der Waals surface area contributed by atoms with Gasteiger partial charge in [-0.15, -0.1) is 0 Å². The van der Waals surface area contributed by atoms with Gasteiger partial charge < -0.3 is 23.7 Å². The third-order valence-electron chi connectivity index (χ3n) is 14.4. The van der Waals surface area contributed by atoms with Crippen LogP contribution in [0.2, 0.25) is 0 Å². The highest BCUT2D eigenvalue weighted by Gasteiger charge is 2.71. The lowest BCUT2D eigenvalue weighted by Crippen LogP contribution is -2.71. The standard InChI is InChI=1S/C39H53NO11/c1-21-12-14-28-23(3)31(43-33-38(28)26(21)16-18-36(5,45-33)48-50-38)20-30(40-47-35(41)42-25-10-8-7-9-11-25)32-24(4)29-15-13-22(2)27-17-19-37(6)46-34(44-32)39(27,29)51-49-37/h7-11,21-24,26-29,31-34H,12-20H2,1-6H3/b40-30-/t21-,22-,23-,24-,26+,27+,28+,29+,31-,32+,33-,34-,36+,37+,38?,39?/m1/s1. The maximum atomic E-state index is 13.1. The Morgan fingerprint density at radius 3 is 1.90 bits per heavy atom. The van der Waals surface area contributed by atoms with Crippen LogP contribution in [0.4, 0.5) is 4.79 Å². The maximum absolute atomic E-state index is 13.1. The number of rotatable bonds is 5. The lowest BCUT2D eigenvalue weighted by Gasteiger charge is -2.61. The van der Waals surface area contributed by atoms with Crippen molar-refractivity contribution < 1.29 is 52.9 Å². The number of benzene rings is 1. The number of hydrogen-bond acceptors (Lipinski definition) is 12. The molecule has 0 aromatic heterocycles. The van der Waals surface area contributed by atoms with E-state index in [1.54, 1.807) is 24.3 Å². The normalized spacial score (nSPS) is 51.5. The molecule has 16 atom stereocenters. The smallest absolute Gasteiger partial charge is 0.393 e. The van der Waals surface area contributed by atoms with Gasteiger partial charge in [-0.3, -0.25) is 4.84 Å². The van der Waals surface area contributed by atoms with E-state index in [1.165, 1.54) is 0 Å². The first-order valence-corrected chi connectivity index (χ1v) is 19.4. The second-order valence-corrected chi connectivity index (χ2v) is 17.3. The molecule has 2 unspecified atom stereocenters. The van der Waals surface area contributed by atoms with E-state index in [2.05, 4.69) is 32.9 Å². The fourth-order valence-corrected chi connectivity index (χ4v) is 11.6. The average molecular weight is 712 g/mol. The summed E-state index contributed by atoms with van der Waals surface area (Å²) in [6.07, 6.45) is 4.66. The average Bonchev–Trinajstić information content (AvgIpc) is 3.49. The molecular weight excluding hydrogens is 658 g/mol. The van der Waals surface area contributed by atoms with Crippen LogP contribution in [0, 0.1) is 47.3 Å². The van der Waals surface area contributed by atoms with Gasteiger partial charge in [-0.1, -0.05) is 51.0 Å². The van der Waals surface area contributed by atoms with Crippen LogP contribution >= 0.6 is 0 Å². The molecule has 10 aliphatic rings. The molecule has 2 aliphatic carbocycles. The predicted octanol–water partition coefficient (Wildman–Crippen LogP) is 7.45. The molecule has 2 spiro atoms. The van der Waals surface area contributed by atoms with E-state index < -0.39 is 47.6 Å². The summed E-state index contributed by atoms with van der Waals surface area (Å²) in [7, 11) is 0. The molecular formula is C39H53NO11. The Hall–Kier alpha value is -2.16. The van der Waals surface area contributed by atoms with Crippen molar-refractivity contribution in [3.05, 3.63) is 30.3 Å². The van der Waals surface area contributed by atoms with E-state index in [9.17, 15) is 4.79 Å². The van der Waals surface area contributed by atoms with Crippen molar-refractivity contribution in [2.75, 3.05) is 0 Å². The van der Waals surface area contributed by atoms with Gasteiger partial charge in [0.1, 0.15) is 11.9 Å². The summed E-state index contributed by atoms with van der Waals surface area (Å²) in [6, 6.07) is 8.81. The van der Waals surface area contributed by atoms with Gasteiger partial charge in [-0.05, 0) is 100 Å². The number of para-hydroxylation sites is 1. The van der Waals surface area contributed by atoms with Crippen LogP contribution in [0.25, 0.3) is 0 Å². The molecule has 1 aromatic rings. The topological polar surface area (TPSA) is 122 Å². The summed E-state index contributed by atoms with van der Waals surface area (Å²) >= 11 is 0. The van der Waals surface area contributed by atoms with Gasteiger partial charge in [0.2, 0.25) is 11.6 Å². The van der Waals surface area contributed by atoms with Gasteiger partial charge in [0.15, 0.2) is 23.8 Å². The molecule has 4 bridgehead atoms. The predicted molar refractivity (Wildman–Crippen MR) is 179 cm³/mol. The first-order valence-electron chi connectivity index (χ1n) is 19.4. The Balaban J connectivity index is 1.05. The quantitative estimate of drug-likeness (QED) is 0.0756. The van der Waals surface area contributed by atoms with Crippen LogP contribution in [0.5, 0.6) is 5.75 Å². The Bertz CT molecular complexity index is 1530. The van der Waals surface area contributed by atoms with Gasteiger partial charge >= 0.3 is 6.16 Å². The summed E-state index contributed by atoms with van der Waals surface area (Å²) in [6.45, 7) is 12.9. The number of hydrogen-bond donors (Lipinski definition) is 0. The summed E-state index contributed by atoms with van der Waals surface area (Å²) < 4.78 is 32.8. The van der Waals surface area contributed by atoms with Gasteiger partial charge in [0, 0.05) is 31.1 Å². The number of oxime groups is 1. The Morgan fingerprint density at radius 2 is 1.29 bits per heavy atom. The second-order valence-electron chi connectivity index (χ2n) is 17.3. The van der Waals surface area contributed by atoms with Gasteiger partial charge in [-0.2, -0.15) is 0 Å². The number of ether oxygens (including phenoxy) is 5. The Kier molecular flexibility index (Phi) is 8.44. The molecule has 8 heterocycles. The fraction of sp³-hybridized carbons (Fsp3) is 0.795. The minimum atomic E-state index is -0.928. The van der Waals surface area contributed by atoms with E-state index >= 15 is 0 Å². The highest BCUT2D eigenvalue weighted by Crippen LogP contribution is 2.63. The van der Waals surface area contributed by atoms with Gasteiger partial charge in [0.05, 0.1) is 11.8 Å². The summed E-state index contributed by atoms with van der Waals surface area (Å²) in [4.78, 5) is 43.5. The first-order chi connectivity index (χ1) is 24.4. The molecule has 280 valence electrons. The monoisotopic (exact) mass is 711 g/mol. The summed E-state index contributed by atoms with van der Waals surface area (Å²) in [5.41, 5.74) is -0.869. The van der Waals surface area contributed by atoms with E-state index in [4.69, 9.17) is 48.1 Å². The van der Waals surface area contributed by atoms with Crippen molar-refractivity contribution in [1.82, 2.24) is 0 Å². The minimum Gasteiger partial charge on any atom is -0.393 e. The zero-order valence-corrected chi connectivity index (χ0v) is 30.6. The van der Waals surface area contributed by atoms with Crippen LogP contribution in [0.1, 0.15) is 99.3 Å². The first kappa shape index (κ1) is 34.6. The molecule has 0 radical (unpaired) electrons. The van der Waals surface area contributed by atoms with Crippen molar-refractivity contribution in [1.29, 1.82) is 0 Å². The summed E-state index contributed by atoms with van der Waals surface area (Å²) in [5.74, 6) is 0.105. The lowest BCUT2D eigenvalue weighted by molar-refractivity contribution is -0.571. The Morgan fingerprint density at radius 1 is 0.725 bits per heavy atom. The molecule has 12 nitrogen and oxygen atoms in total. The van der Waals surface area contributed by atoms with Gasteiger partial charge in [-0.25, -0.2) is 24.3 Å². The zero-order valence-electron chi connectivity index (χ0n) is 30.6.